The summed E-state index contributed by atoms with van der Waals surface area (Å²) in [7, 11) is 3.99. The monoisotopic (exact) mass is 276 g/mol. The average Bonchev–Trinajstić information content (AvgIpc) is 2.37. The number of fused-ring (bicyclic) bond motifs is 1. The van der Waals surface area contributed by atoms with Crippen molar-refractivity contribution < 1.29 is 9.90 Å². The standard InChI is InChI=1S/C14H16N2O2S/c1-16(2)7-8-19-13-11(14(17)18)9-10-5-3-4-6-12(10)15-13/h3-6,9H,7-8H2,1-2H3,(H,17,18). The van der Waals surface area contributed by atoms with Gasteiger partial charge in [-0.1, -0.05) is 18.2 Å². The van der Waals surface area contributed by atoms with Crippen LogP contribution in [0.2, 0.25) is 0 Å². The highest BCUT2D eigenvalue weighted by Crippen LogP contribution is 2.25. The molecule has 1 N–H and O–H groups in total. The van der Waals surface area contributed by atoms with E-state index < -0.39 is 5.97 Å². The van der Waals surface area contributed by atoms with E-state index in [2.05, 4.69) is 9.88 Å². The molecule has 0 bridgehead atoms. The largest absolute Gasteiger partial charge is 0.478 e. The molecule has 0 saturated heterocycles. The molecule has 4 nitrogen and oxygen atoms in total. The smallest absolute Gasteiger partial charge is 0.338 e. The predicted molar refractivity (Wildman–Crippen MR) is 78.0 cm³/mol. The predicted octanol–water partition coefficient (Wildman–Crippen LogP) is 2.59. The minimum atomic E-state index is -0.925. The summed E-state index contributed by atoms with van der Waals surface area (Å²) in [4.78, 5) is 17.8. The van der Waals surface area contributed by atoms with Crippen LogP contribution in [-0.2, 0) is 0 Å². The molecule has 0 fully saturated rings. The number of benzene rings is 1. The number of thioether (sulfide) groups is 1. The lowest BCUT2D eigenvalue weighted by Gasteiger charge is -2.10. The molecule has 0 aliphatic rings. The van der Waals surface area contributed by atoms with E-state index in [4.69, 9.17) is 0 Å². The van der Waals surface area contributed by atoms with Gasteiger partial charge in [0, 0.05) is 17.7 Å². The number of carboxylic acids is 1. The van der Waals surface area contributed by atoms with Gasteiger partial charge in [-0.25, -0.2) is 9.78 Å². The highest BCUT2D eigenvalue weighted by molar-refractivity contribution is 7.99. The van der Waals surface area contributed by atoms with Gasteiger partial charge in [-0.3, -0.25) is 0 Å². The summed E-state index contributed by atoms with van der Waals surface area (Å²) in [6.07, 6.45) is 0. The summed E-state index contributed by atoms with van der Waals surface area (Å²) < 4.78 is 0. The van der Waals surface area contributed by atoms with Crippen molar-refractivity contribution in [3.05, 3.63) is 35.9 Å². The van der Waals surface area contributed by atoms with Crippen molar-refractivity contribution in [3.8, 4) is 0 Å². The van der Waals surface area contributed by atoms with Gasteiger partial charge in [-0.05, 0) is 26.2 Å². The molecule has 0 spiro atoms. The first-order valence-corrected chi connectivity index (χ1v) is 6.97. The zero-order chi connectivity index (χ0) is 13.8. The summed E-state index contributed by atoms with van der Waals surface area (Å²) in [6, 6.07) is 9.27. The van der Waals surface area contributed by atoms with E-state index in [1.807, 2.05) is 38.4 Å². The van der Waals surface area contributed by atoms with E-state index in [0.29, 0.717) is 5.03 Å². The lowest BCUT2D eigenvalue weighted by atomic mass is 10.1. The van der Waals surface area contributed by atoms with Gasteiger partial charge in [0.15, 0.2) is 0 Å². The van der Waals surface area contributed by atoms with E-state index >= 15 is 0 Å². The zero-order valence-corrected chi connectivity index (χ0v) is 11.8. The van der Waals surface area contributed by atoms with Crippen molar-refractivity contribution in [1.29, 1.82) is 0 Å². The third-order valence-electron chi connectivity index (χ3n) is 2.70. The first-order chi connectivity index (χ1) is 9.08. The summed E-state index contributed by atoms with van der Waals surface area (Å²) in [5, 5.41) is 10.7. The Labute approximate surface area is 116 Å². The molecule has 0 amide bonds. The van der Waals surface area contributed by atoms with E-state index in [1.165, 1.54) is 11.8 Å². The van der Waals surface area contributed by atoms with Gasteiger partial charge in [-0.2, -0.15) is 0 Å². The lowest BCUT2D eigenvalue weighted by Crippen LogP contribution is -2.15. The Kier molecular flexibility index (Phi) is 4.39. The summed E-state index contributed by atoms with van der Waals surface area (Å²) in [5.41, 5.74) is 1.11. The van der Waals surface area contributed by atoms with Gasteiger partial charge in [-0.15, -0.1) is 11.8 Å². The first kappa shape index (κ1) is 13.8. The molecular weight excluding hydrogens is 260 g/mol. The van der Waals surface area contributed by atoms with Gasteiger partial charge in [0.25, 0.3) is 0 Å². The third-order valence-corrected chi connectivity index (χ3v) is 3.67. The van der Waals surface area contributed by atoms with E-state index in [0.717, 1.165) is 23.2 Å². The summed E-state index contributed by atoms with van der Waals surface area (Å²) in [5.74, 6) is -0.107. The van der Waals surface area contributed by atoms with E-state index in [-0.39, 0.29) is 5.56 Å². The van der Waals surface area contributed by atoms with Crippen LogP contribution in [-0.4, -0.2) is 47.4 Å². The minimum Gasteiger partial charge on any atom is -0.478 e. The van der Waals surface area contributed by atoms with Crippen LogP contribution in [0.25, 0.3) is 10.9 Å². The lowest BCUT2D eigenvalue weighted by molar-refractivity contribution is 0.0692. The number of hydrogen-bond acceptors (Lipinski definition) is 4. The van der Waals surface area contributed by atoms with Crippen molar-refractivity contribution in [1.82, 2.24) is 9.88 Å². The molecular formula is C14H16N2O2S. The maximum Gasteiger partial charge on any atom is 0.338 e. The minimum absolute atomic E-state index is 0.280. The van der Waals surface area contributed by atoms with Crippen molar-refractivity contribution in [2.24, 2.45) is 0 Å². The van der Waals surface area contributed by atoms with E-state index in [9.17, 15) is 9.90 Å². The Balaban J connectivity index is 2.33. The van der Waals surface area contributed by atoms with Gasteiger partial charge >= 0.3 is 5.97 Å². The Morgan fingerprint density at radius 3 is 2.79 bits per heavy atom. The van der Waals surface area contributed by atoms with Crippen molar-refractivity contribution in [3.63, 3.8) is 0 Å². The number of rotatable bonds is 5. The molecule has 0 atom stereocenters. The average molecular weight is 276 g/mol. The molecule has 0 unspecified atom stereocenters. The second-order valence-electron chi connectivity index (χ2n) is 4.49. The number of aromatic carboxylic acids is 1. The van der Waals surface area contributed by atoms with Crippen LogP contribution in [0.15, 0.2) is 35.4 Å². The Hall–Kier alpha value is -1.59. The second kappa shape index (κ2) is 6.04. The fraction of sp³-hybridized carbons (Fsp3) is 0.286. The number of nitrogens with zero attached hydrogens (tertiary/aromatic N) is 2. The van der Waals surface area contributed by atoms with Crippen LogP contribution < -0.4 is 0 Å². The highest BCUT2D eigenvalue weighted by Gasteiger charge is 2.13. The highest BCUT2D eigenvalue weighted by atomic mass is 32.2. The molecule has 0 radical (unpaired) electrons. The second-order valence-corrected chi connectivity index (χ2v) is 5.57. The maximum atomic E-state index is 11.3. The normalized spacial score (nSPS) is 11.1. The Morgan fingerprint density at radius 2 is 2.11 bits per heavy atom. The van der Waals surface area contributed by atoms with Crippen LogP contribution in [0, 0.1) is 0 Å². The number of para-hydroxylation sites is 1. The van der Waals surface area contributed by atoms with Crippen LogP contribution in [0.5, 0.6) is 0 Å². The van der Waals surface area contributed by atoms with Gasteiger partial charge in [0.1, 0.15) is 5.03 Å². The van der Waals surface area contributed by atoms with Crippen LogP contribution in [0.1, 0.15) is 10.4 Å². The number of pyridine rings is 1. The Bertz CT molecular complexity index is 599. The Morgan fingerprint density at radius 1 is 1.37 bits per heavy atom. The molecule has 1 heterocycles. The molecule has 1 aromatic heterocycles. The van der Waals surface area contributed by atoms with Crippen LogP contribution >= 0.6 is 11.8 Å². The van der Waals surface area contributed by atoms with E-state index in [1.54, 1.807) is 6.07 Å². The number of hydrogen-bond donors (Lipinski definition) is 1. The van der Waals surface area contributed by atoms with Crippen LogP contribution in [0.4, 0.5) is 0 Å². The fourth-order valence-electron chi connectivity index (χ4n) is 1.69. The molecule has 1 aromatic carbocycles. The molecule has 2 rings (SSSR count). The van der Waals surface area contributed by atoms with Crippen molar-refractivity contribution >= 4 is 28.6 Å². The molecule has 19 heavy (non-hydrogen) atoms. The third kappa shape index (κ3) is 3.45. The quantitative estimate of drug-likeness (QED) is 0.851. The molecule has 2 aromatic rings. The summed E-state index contributed by atoms with van der Waals surface area (Å²) in [6.45, 7) is 0.887. The number of aromatic nitrogens is 1. The number of carboxylic acid groups (broad SMARTS) is 1. The SMILES string of the molecule is CN(C)CCSc1nc2ccccc2cc1C(=O)O. The van der Waals surface area contributed by atoms with Gasteiger partial charge in [0.05, 0.1) is 11.1 Å². The van der Waals surface area contributed by atoms with Crippen molar-refractivity contribution in [2.75, 3.05) is 26.4 Å². The summed E-state index contributed by atoms with van der Waals surface area (Å²) >= 11 is 1.48. The molecule has 5 heteroatoms. The first-order valence-electron chi connectivity index (χ1n) is 5.98. The van der Waals surface area contributed by atoms with Gasteiger partial charge < -0.3 is 10.0 Å². The van der Waals surface area contributed by atoms with Crippen molar-refractivity contribution in [2.45, 2.75) is 5.03 Å². The molecule has 100 valence electrons. The van der Waals surface area contributed by atoms with Gasteiger partial charge in [0.2, 0.25) is 0 Å². The fourth-order valence-corrected chi connectivity index (χ4v) is 2.80. The zero-order valence-electron chi connectivity index (χ0n) is 11.0. The molecule has 0 aliphatic heterocycles. The number of carbonyl (C=O) groups is 1. The maximum absolute atomic E-state index is 11.3. The molecule has 0 aliphatic carbocycles. The van der Waals surface area contributed by atoms with Crippen LogP contribution in [0.3, 0.4) is 0 Å². The topological polar surface area (TPSA) is 53.4 Å². The molecule has 0 saturated carbocycles.